The van der Waals surface area contributed by atoms with E-state index in [1.807, 2.05) is 0 Å². The Kier molecular flexibility index (Phi) is 9.88. The van der Waals surface area contributed by atoms with Crippen molar-refractivity contribution in [2.24, 2.45) is 5.41 Å². The molecule has 4 heteroatoms. The largest absolute Gasteiger partial charge is 0.479 e. The van der Waals surface area contributed by atoms with Gasteiger partial charge in [-0.05, 0) is 24.7 Å². The summed E-state index contributed by atoms with van der Waals surface area (Å²) in [6, 6.07) is 0. The Morgan fingerprint density at radius 1 is 1.16 bits per heavy atom. The number of carboxylic acid groups (broad SMARTS) is 1. The molecular weight excluding hydrogens is 244 g/mol. The lowest BCUT2D eigenvalue weighted by atomic mass is 9.89. The second-order valence-corrected chi connectivity index (χ2v) is 6.26. The molecule has 1 unspecified atom stereocenters. The summed E-state index contributed by atoms with van der Waals surface area (Å²) in [5, 5.41) is 9.03. The van der Waals surface area contributed by atoms with E-state index in [-0.39, 0.29) is 0 Å². The fraction of sp³-hybridized carbons (Fsp3) is 0.933. The van der Waals surface area contributed by atoms with Crippen LogP contribution in [0, 0.1) is 5.41 Å². The van der Waals surface area contributed by atoms with Gasteiger partial charge in [-0.25, -0.2) is 14.6 Å². The van der Waals surface area contributed by atoms with Crippen LogP contribution < -0.4 is 0 Å². The van der Waals surface area contributed by atoms with Crippen LogP contribution in [-0.4, -0.2) is 23.8 Å². The van der Waals surface area contributed by atoms with Gasteiger partial charge in [-0.3, -0.25) is 0 Å². The van der Waals surface area contributed by atoms with Gasteiger partial charge in [-0.15, -0.1) is 0 Å². The van der Waals surface area contributed by atoms with Crippen molar-refractivity contribution in [2.45, 2.75) is 78.7 Å². The molecule has 1 N–H and O–H groups in total. The van der Waals surface area contributed by atoms with Gasteiger partial charge in [0.05, 0.1) is 6.61 Å². The number of hydrogen-bond donors (Lipinski definition) is 1. The fourth-order valence-electron chi connectivity index (χ4n) is 1.74. The Morgan fingerprint density at radius 2 is 1.84 bits per heavy atom. The monoisotopic (exact) mass is 274 g/mol. The van der Waals surface area contributed by atoms with Crippen LogP contribution in [0.1, 0.15) is 72.6 Å². The van der Waals surface area contributed by atoms with E-state index in [4.69, 9.17) is 14.9 Å². The molecule has 0 aliphatic rings. The highest BCUT2D eigenvalue weighted by Crippen LogP contribution is 2.22. The van der Waals surface area contributed by atoms with E-state index in [1.54, 1.807) is 0 Å². The van der Waals surface area contributed by atoms with Crippen molar-refractivity contribution in [3.05, 3.63) is 0 Å². The zero-order valence-corrected chi connectivity index (χ0v) is 12.9. The van der Waals surface area contributed by atoms with Crippen molar-refractivity contribution >= 4 is 5.97 Å². The van der Waals surface area contributed by atoms with Crippen LogP contribution in [0.3, 0.4) is 0 Å². The number of rotatable bonds is 11. The van der Waals surface area contributed by atoms with Crippen molar-refractivity contribution in [3.8, 4) is 0 Å². The van der Waals surface area contributed by atoms with Crippen molar-refractivity contribution in [1.29, 1.82) is 0 Å². The van der Waals surface area contributed by atoms with Gasteiger partial charge in [-0.1, -0.05) is 53.4 Å². The topological polar surface area (TPSA) is 55.8 Å². The maximum absolute atomic E-state index is 11.0. The van der Waals surface area contributed by atoms with Crippen LogP contribution in [0.25, 0.3) is 0 Å². The summed E-state index contributed by atoms with van der Waals surface area (Å²) in [7, 11) is 0. The molecule has 0 aromatic heterocycles. The Balaban J connectivity index is 3.72. The Labute approximate surface area is 117 Å². The standard InChI is InChI=1S/C15H30O4/c1-5-6-9-12-18-19-13(14(16)17)10-7-8-11-15(2,3)4/h13H,5-12H2,1-4H3,(H,16,17). The Bertz CT molecular complexity index is 233. The third kappa shape index (κ3) is 12.2. The zero-order chi connectivity index (χ0) is 14.7. The molecule has 0 saturated heterocycles. The second kappa shape index (κ2) is 10.2. The molecule has 0 aromatic rings. The zero-order valence-electron chi connectivity index (χ0n) is 12.9. The third-order valence-electron chi connectivity index (χ3n) is 2.93. The van der Waals surface area contributed by atoms with E-state index < -0.39 is 12.1 Å². The van der Waals surface area contributed by atoms with E-state index in [9.17, 15) is 4.79 Å². The highest BCUT2D eigenvalue weighted by atomic mass is 17.2. The first-order valence-electron chi connectivity index (χ1n) is 7.38. The molecule has 1 atom stereocenters. The molecule has 0 aromatic carbocycles. The lowest BCUT2D eigenvalue weighted by Gasteiger charge is -2.18. The molecule has 0 spiro atoms. The van der Waals surface area contributed by atoms with Crippen molar-refractivity contribution in [2.75, 3.05) is 6.61 Å². The van der Waals surface area contributed by atoms with Gasteiger partial charge in [0.2, 0.25) is 0 Å². The minimum atomic E-state index is -0.939. The first-order valence-corrected chi connectivity index (χ1v) is 7.38. The lowest BCUT2D eigenvalue weighted by Crippen LogP contribution is -2.24. The molecule has 0 rings (SSSR count). The van der Waals surface area contributed by atoms with Crippen LogP contribution in [0.5, 0.6) is 0 Å². The predicted molar refractivity (Wildman–Crippen MR) is 75.9 cm³/mol. The molecule has 0 amide bonds. The number of carbonyl (C=O) groups is 1. The highest BCUT2D eigenvalue weighted by Gasteiger charge is 2.19. The van der Waals surface area contributed by atoms with Crippen LogP contribution in [0.4, 0.5) is 0 Å². The van der Waals surface area contributed by atoms with Gasteiger partial charge in [0.1, 0.15) is 0 Å². The van der Waals surface area contributed by atoms with Crippen LogP contribution in [0.15, 0.2) is 0 Å². The van der Waals surface area contributed by atoms with Crippen LogP contribution >= 0.6 is 0 Å². The maximum atomic E-state index is 11.0. The SMILES string of the molecule is CCCCCOOC(CCCCC(C)(C)C)C(=O)O. The lowest BCUT2D eigenvalue weighted by molar-refractivity contribution is -0.321. The molecular formula is C15H30O4. The number of aliphatic carboxylic acids is 1. The van der Waals surface area contributed by atoms with E-state index >= 15 is 0 Å². The molecule has 0 bridgehead atoms. The van der Waals surface area contributed by atoms with E-state index in [2.05, 4.69) is 27.7 Å². The summed E-state index contributed by atoms with van der Waals surface area (Å²) in [6.45, 7) is 9.15. The van der Waals surface area contributed by atoms with Gasteiger partial charge < -0.3 is 5.11 Å². The van der Waals surface area contributed by atoms with E-state index in [1.165, 1.54) is 0 Å². The second-order valence-electron chi connectivity index (χ2n) is 6.26. The number of carboxylic acids is 1. The summed E-state index contributed by atoms with van der Waals surface area (Å²) < 4.78 is 0. The number of unbranched alkanes of at least 4 members (excludes halogenated alkanes) is 3. The first kappa shape index (κ1) is 18.4. The van der Waals surface area contributed by atoms with Crippen molar-refractivity contribution in [1.82, 2.24) is 0 Å². The molecule has 0 aliphatic heterocycles. The Hall–Kier alpha value is -0.610. The molecule has 0 aliphatic carbocycles. The van der Waals surface area contributed by atoms with Gasteiger partial charge in [0, 0.05) is 0 Å². The minimum Gasteiger partial charge on any atom is -0.479 e. The highest BCUT2D eigenvalue weighted by molar-refractivity contribution is 5.72. The number of hydrogen-bond acceptors (Lipinski definition) is 3. The summed E-state index contributed by atoms with van der Waals surface area (Å²) in [5.74, 6) is -0.939. The molecule has 4 nitrogen and oxygen atoms in total. The average Bonchev–Trinajstić information content (AvgIpc) is 2.29. The van der Waals surface area contributed by atoms with Gasteiger partial charge in [0.25, 0.3) is 0 Å². The predicted octanol–water partition coefficient (Wildman–Crippen LogP) is 4.18. The third-order valence-corrected chi connectivity index (χ3v) is 2.93. The molecule has 0 fully saturated rings. The van der Waals surface area contributed by atoms with Crippen LogP contribution in [-0.2, 0) is 14.6 Å². The summed E-state index contributed by atoms with van der Waals surface area (Å²) in [6.07, 6.45) is 5.74. The van der Waals surface area contributed by atoms with E-state index in [0.29, 0.717) is 18.4 Å². The maximum Gasteiger partial charge on any atom is 0.336 e. The molecule has 0 heterocycles. The normalized spacial score (nSPS) is 13.5. The quantitative estimate of drug-likeness (QED) is 0.349. The van der Waals surface area contributed by atoms with Gasteiger partial charge in [-0.2, -0.15) is 0 Å². The van der Waals surface area contributed by atoms with Crippen LogP contribution in [0.2, 0.25) is 0 Å². The first-order chi connectivity index (χ1) is 8.87. The molecule has 19 heavy (non-hydrogen) atoms. The summed E-state index contributed by atoms with van der Waals surface area (Å²) >= 11 is 0. The average molecular weight is 274 g/mol. The van der Waals surface area contributed by atoms with Crippen molar-refractivity contribution < 1.29 is 19.7 Å². The fourth-order valence-corrected chi connectivity index (χ4v) is 1.74. The Morgan fingerprint density at radius 3 is 2.37 bits per heavy atom. The summed E-state index contributed by atoms with van der Waals surface area (Å²) in [5.41, 5.74) is 0.302. The van der Waals surface area contributed by atoms with Gasteiger partial charge in [0.15, 0.2) is 6.10 Å². The molecule has 0 saturated carbocycles. The van der Waals surface area contributed by atoms with E-state index in [0.717, 1.165) is 38.5 Å². The molecule has 0 radical (unpaired) electrons. The van der Waals surface area contributed by atoms with Gasteiger partial charge >= 0.3 is 5.97 Å². The molecule has 114 valence electrons. The summed E-state index contributed by atoms with van der Waals surface area (Å²) in [4.78, 5) is 21.0. The smallest absolute Gasteiger partial charge is 0.336 e. The minimum absolute atomic E-state index is 0.302. The van der Waals surface area contributed by atoms with Crippen molar-refractivity contribution in [3.63, 3.8) is 0 Å².